The first-order chi connectivity index (χ1) is 6.09. The Morgan fingerprint density at radius 3 is 2.85 bits per heavy atom. The highest BCUT2D eigenvalue weighted by Gasteiger charge is 2.11. The molecule has 0 aliphatic rings. The van der Waals surface area contributed by atoms with Gasteiger partial charge in [-0.25, -0.2) is 4.39 Å². The van der Waals surface area contributed by atoms with Crippen LogP contribution >= 0.6 is 0 Å². The minimum Gasteiger partial charge on any atom is -0.265 e. The Hall–Kier alpha value is -1.45. The van der Waals surface area contributed by atoms with Gasteiger partial charge in [0.25, 0.3) is 0 Å². The van der Waals surface area contributed by atoms with Crippen LogP contribution in [0.2, 0.25) is 0 Å². The monoisotopic (exact) mass is 183 g/mol. The summed E-state index contributed by atoms with van der Waals surface area (Å²) in [4.78, 5) is 9.79. The molecule has 1 aromatic rings. The molecule has 4 heteroatoms. The molecule has 0 saturated heterocycles. The van der Waals surface area contributed by atoms with Gasteiger partial charge in [-0.05, 0) is 17.7 Å². The standard InChI is InChI=1S/C9H10FNO2/c1-7(6-11(12)13)8-3-2-4-9(10)5-8/h2-5,7H,6H2,1H3/t7-/m0/s1. The predicted octanol–water partition coefficient (Wildman–Crippen LogP) is 2.21. The Kier molecular flexibility index (Phi) is 2.95. The molecule has 13 heavy (non-hydrogen) atoms. The molecular weight excluding hydrogens is 173 g/mol. The number of hydrogen-bond donors (Lipinski definition) is 0. The largest absolute Gasteiger partial charge is 0.265 e. The highest BCUT2D eigenvalue weighted by Crippen LogP contribution is 2.15. The maximum absolute atomic E-state index is 12.7. The van der Waals surface area contributed by atoms with E-state index < -0.39 is 4.92 Å². The molecule has 0 aliphatic carbocycles. The van der Waals surface area contributed by atoms with Crippen molar-refractivity contribution in [2.45, 2.75) is 12.8 Å². The summed E-state index contributed by atoms with van der Waals surface area (Å²) in [6.07, 6.45) is 0. The Labute approximate surface area is 75.3 Å². The predicted molar refractivity (Wildman–Crippen MR) is 46.7 cm³/mol. The molecule has 0 N–H and O–H groups in total. The highest BCUT2D eigenvalue weighted by atomic mass is 19.1. The molecule has 0 aromatic heterocycles. The molecule has 0 aliphatic heterocycles. The van der Waals surface area contributed by atoms with Crippen LogP contribution in [0.4, 0.5) is 4.39 Å². The molecule has 0 amide bonds. The van der Waals surface area contributed by atoms with E-state index >= 15 is 0 Å². The molecule has 0 saturated carbocycles. The highest BCUT2D eigenvalue weighted by molar-refractivity contribution is 5.19. The molecule has 70 valence electrons. The summed E-state index contributed by atoms with van der Waals surface area (Å²) >= 11 is 0. The molecule has 0 spiro atoms. The van der Waals surface area contributed by atoms with Crippen molar-refractivity contribution in [2.24, 2.45) is 0 Å². The molecule has 0 unspecified atom stereocenters. The fourth-order valence-electron chi connectivity index (χ4n) is 1.14. The van der Waals surface area contributed by atoms with E-state index in [0.717, 1.165) is 0 Å². The number of benzene rings is 1. The van der Waals surface area contributed by atoms with Gasteiger partial charge in [-0.1, -0.05) is 19.1 Å². The fourth-order valence-corrected chi connectivity index (χ4v) is 1.14. The van der Waals surface area contributed by atoms with Crippen molar-refractivity contribution in [3.8, 4) is 0 Å². The van der Waals surface area contributed by atoms with Crippen LogP contribution in [0.5, 0.6) is 0 Å². The third kappa shape index (κ3) is 2.82. The maximum Gasteiger partial charge on any atom is 0.210 e. The van der Waals surface area contributed by atoms with E-state index in [1.807, 2.05) is 0 Å². The summed E-state index contributed by atoms with van der Waals surface area (Å²) in [5.41, 5.74) is 0.664. The van der Waals surface area contributed by atoms with Crippen molar-refractivity contribution in [1.29, 1.82) is 0 Å². The molecule has 1 aromatic carbocycles. The zero-order valence-corrected chi connectivity index (χ0v) is 7.24. The molecule has 0 heterocycles. The summed E-state index contributed by atoms with van der Waals surface area (Å²) < 4.78 is 12.7. The SMILES string of the molecule is C[C@@H](C[N+](=O)[O-])c1cccc(F)c1. The van der Waals surface area contributed by atoms with Gasteiger partial charge in [-0.2, -0.15) is 0 Å². The van der Waals surface area contributed by atoms with Gasteiger partial charge in [0.1, 0.15) is 5.82 Å². The molecule has 3 nitrogen and oxygen atoms in total. The first kappa shape index (κ1) is 9.64. The lowest BCUT2D eigenvalue weighted by atomic mass is 10.0. The van der Waals surface area contributed by atoms with E-state index in [9.17, 15) is 14.5 Å². The second kappa shape index (κ2) is 3.98. The van der Waals surface area contributed by atoms with Gasteiger partial charge in [0.05, 0.1) is 0 Å². The summed E-state index contributed by atoms with van der Waals surface area (Å²) in [6.45, 7) is 1.54. The second-order valence-electron chi connectivity index (χ2n) is 2.97. The number of rotatable bonds is 3. The van der Waals surface area contributed by atoms with Crippen LogP contribution < -0.4 is 0 Å². The van der Waals surface area contributed by atoms with E-state index in [-0.39, 0.29) is 18.3 Å². The topological polar surface area (TPSA) is 43.1 Å². The first-order valence-electron chi connectivity index (χ1n) is 3.97. The van der Waals surface area contributed by atoms with Gasteiger partial charge in [-0.3, -0.25) is 10.1 Å². The normalized spacial score (nSPS) is 12.5. The lowest BCUT2D eigenvalue weighted by molar-refractivity contribution is -0.482. The second-order valence-corrected chi connectivity index (χ2v) is 2.97. The fraction of sp³-hybridized carbons (Fsp3) is 0.333. The minimum absolute atomic E-state index is 0.163. The zero-order chi connectivity index (χ0) is 9.84. The van der Waals surface area contributed by atoms with Crippen LogP contribution in [0.3, 0.4) is 0 Å². The quantitative estimate of drug-likeness (QED) is 0.532. The van der Waals surface area contributed by atoms with Crippen LogP contribution in [-0.4, -0.2) is 11.5 Å². The smallest absolute Gasteiger partial charge is 0.210 e. The maximum atomic E-state index is 12.7. The molecule has 0 fully saturated rings. The Bertz CT molecular complexity index is 314. The average Bonchev–Trinajstić information content (AvgIpc) is 2.03. The van der Waals surface area contributed by atoms with Gasteiger partial charge in [-0.15, -0.1) is 0 Å². The number of halogens is 1. The molecule has 0 bridgehead atoms. The number of nitro groups is 1. The van der Waals surface area contributed by atoms with Gasteiger partial charge >= 0.3 is 0 Å². The Balaban J connectivity index is 2.76. The minimum atomic E-state index is -0.393. The van der Waals surface area contributed by atoms with Crippen LogP contribution in [0.25, 0.3) is 0 Å². The Morgan fingerprint density at radius 2 is 2.31 bits per heavy atom. The van der Waals surface area contributed by atoms with Gasteiger partial charge in [0, 0.05) is 10.8 Å². The van der Waals surface area contributed by atoms with E-state index in [1.165, 1.54) is 12.1 Å². The van der Waals surface area contributed by atoms with Crippen molar-refractivity contribution >= 4 is 0 Å². The summed E-state index contributed by atoms with van der Waals surface area (Å²) in [7, 11) is 0. The van der Waals surface area contributed by atoms with Gasteiger partial charge in [0.2, 0.25) is 6.54 Å². The van der Waals surface area contributed by atoms with Crippen molar-refractivity contribution < 1.29 is 9.31 Å². The van der Waals surface area contributed by atoms with E-state index in [1.54, 1.807) is 19.1 Å². The first-order valence-corrected chi connectivity index (χ1v) is 3.97. The Morgan fingerprint density at radius 1 is 1.62 bits per heavy atom. The third-order valence-electron chi connectivity index (χ3n) is 1.84. The summed E-state index contributed by atoms with van der Waals surface area (Å²) in [6, 6.07) is 5.90. The van der Waals surface area contributed by atoms with E-state index in [2.05, 4.69) is 0 Å². The average molecular weight is 183 g/mol. The van der Waals surface area contributed by atoms with Crippen molar-refractivity contribution in [1.82, 2.24) is 0 Å². The van der Waals surface area contributed by atoms with Crippen LogP contribution in [-0.2, 0) is 0 Å². The molecule has 0 radical (unpaired) electrons. The number of hydrogen-bond acceptors (Lipinski definition) is 2. The third-order valence-corrected chi connectivity index (χ3v) is 1.84. The molecular formula is C9H10FNO2. The lowest BCUT2D eigenvalue weighted by Gasteiger charge is -2.06. The van der Waals surface area contributed by atoms with Crippen LogP contribution in [0, 0.1) is 15.9 Å². The molecule has 1 rings (SSSR count). The zero-order valence-electron chi connectivity index (χ0n) is 7.24. The van der Waals surface area contributed by atoms with Crippen molar-refractivity contribution in [3.05, 3.63) is 45.8 Å². The van der Waals surface area contributed by atoms with Crippen molar-refractivity contribution in [2.75, 3.05) is 6.54 Å². The van der Waals surface area contributed by atoms with Gasteiger partial charge < -0.3 is 0 Å². The van der Waals surface area contributed by atoms with E-state index in [0.29, 0.717) is 5.56 Å². The van der Waals surface area contributed by atoms with Crippen molar-refractivity contribution in [3.63, 3.8) is 0 Å². The molecule has 1 atom stereocenters. The van der Waals surface area contributed by atoms with Crippen LogP contribution in [0.15, 0.2) is 24.3 Å². The number of nitrogens with zero attached hydrogens (tertiary/aromatic N) is 1. The lowest BCUT2D eigenvalue weighted by Crippen LogP contribution is -2.09. The summed E-state index contributed by atoms with van der Waals surface area (Å²) in [5, 5.41) is 10.2. The summed E-state index contributed by atoms with van der Waals surface area (Å²) in [5.74, 6) is -0.599. The van der Waals surface area contributed by atoms with Crippen LogP contribution in [0.1, 0.15) is 18.4 Å². The van der Waals surface area contributed by atoms with E-state index in [4.69, 9.17) is 0 Å². The van der Waals surface area contributed by atoms with Gasteiger partial charge in [0.15, 0.2) is 0 Å².